The van der Waals surface area contributed by atoms with Gasteiger partial charge in [-0.15, -0.1) is 0 Å². The van der Waals surface area contributed by atoms with Crippen molar-refractivity contribution >= 4 is 19.7 Å². The lowest BCUT2D eigenvalue weighted by Gasteiger charge is -2.18. The van der Waals surface area contributed by atoms with Crippen LogP contribution in [0, 0.1) is 0 Å². The van der Waals surface area contributed by atoms with Crippen LogP contribution in [0.4, 0.5) is 0 Å². The monoisotopic (exact) mass is 225 g/mol. The zero-order valence-electron chi connectivity index (χ0n) is 7.87. The van der Waals surface area contributed by atoms with Crippen LogP contribution in [0.1, 0.15) is 25.7 Å². The van der Waals surface area contributed by atoms with E-state index >= 15 is 0 Å². The van der Waals surface area contributed by atoms with Crippen LogP contribution < -0.4 is 0 Å². The van der Waals surface area contributed by atoms with E-state index in [4.69, 9.17) is 10.7 Å². The Kier molecular flexibility index (Phi) is 4.01. The lowest BCUT2D eigenvalue weighted by molar-refractivity contribution is 0.295. The normalized spacial score (nSPS) is 25.2. The van der Waals surface area contributed by atoms with Crippen molar-refractivity contribution in [2.75, 3.05) is 19.3 Å². The first-order valence-corrected chi connectivity index (χ1v) is 7.09. The molecule has 0 N–H and O–H groups in total. The number of rotatable bonds is 4. The molecule has 1 rings (SSSR count). The van der Waals surface area contributed by atoms with E-state index in [1.807, 2.05) is 0 Å². The summed E-state index contributed by atoms with van der Waals surface area (Å²) in [5, 5.41) is 0. The van der Waals surface area contributed by atoms with E-state index in [1.165, 1.54) is 12.8 Å². The Morgan fingerprint density at radius 3 is 2.69 bits per heavy atom. The lowest BCUT2D eigenvalue weighted by atomic mass is 10.1. The lowest BCUT2D eigenvalue weighted by Crippen LogP contribution is -2.25. The number of hydrogen-bond donors (Lipinski definition) is 0. The largest absolute Gasteiger partial charge is 0.303 e. The summed E-state index contributed by atoms with van der Waals surface area (Å²) in [6.45, 7) is 1.14. The topological polar surface area (TPSA) is 37.4 Å². The Bertz CT molecular complexity index is 253. The van der Waals surface area contributed by atoms with Gasteiger partial charge in [0, 0.05) is 16.7 Å². The summed E-state index contributed by atoms with van der Waals surface area (Å²) in [5.74, 6) is 0.110. The van der Waals surface area contributed by atoms with Gasteiger partial charge in [-0.3, -0.25) is 0 Å². The number of nitrogens with zero attached hydrogens (tertiary/aromatic N) is 1. The van der Waals surface area contributed by atoms with Crippen molar-refractivity contribution in [1.82, 2.24) is 4.90 Å². The molecule has 0 aromatic rings. The van der Waals surface area contributed by atoms with Gasteiger partial charge in [-0.1, -0.05) is 0 Å². The minimum Gasteiger partial charge on any atom is -0.303 e. The number of likely N-dealkylation sites (tertiary alicyclic amines) is 1. The molecule has 0 saturated carbocycles. The summed E-state index contributed by atoms with van der Waals surface area (Å²) in [6, 6.07) is 0.568. The van der Waals surface area contributed by atoms with Crippen molar-refractivity contribution in [1.29, 1.82) is 0 Å². The Morgan fingerprint density at radius 1 is 1.54 bits per heavy atom. The maximum atomic E-state index is 10.6. The van der Waals surface area contributed by atoms with Crippen LogP contribution in [-0.4, -0.2) is 38.7 Å². The molecule has 1 unspecified atom stereocenters. The summed E-state index contributed by atoms with van der Waals surface area (Å²) < 4.78 is 21.3. The third kappa shape index (κ3) is 4.29. The fraction of sp³-hybridized carbons (Fsp3) is 1.00. The first-order chi connectivity index (χ1) is 5.99. The van der Waals surface area contributed by atoms with Gasteiger partial charge in [-0.2, -0.15) is 0 Å². The molecule has 5 heteroatoms. The van der Waals surface area contributed by atoms with Gasteiger partial charge in [0.15, 0.2) is 0 Å². The zero-order valence-corrected chi connectivity index (χ0v) is 9.44. The van der Waals surface area contributed by atoms with Crippen LogP contribution in [0.15, 0.2) is 0 Å². The molecule has 0 amide bonds. The molecule has 1 aliphatic rings. The quantitative estimate of drug-likeness (QED) is 0.680. The molecule has 13 heavy (non-hydrogen) atoms. The summed E-state index contributed by atoms with van der Waals surface area (Å²) in [5.41, 5.74) is 0. The van der Waals surface area contributed by atoms with Crippen LogP contribution in [0.5, 0.6) is 0 Å². The third-order valence-electron chi connectivity index (χ3n) is 2.60. The third-order valence-corrected chi connectivity index (χ3v) is 3.84. The van der Waals surface area contributed by atoms with Crippen molar-refractivity contribution in [3.8, 4) is 0 Å². The smallest absolute Gasteiger partial charge is 0.232 e. The Morgan fingerprint density at radius 2 is 2.23 bits per heavy atom. The minimum absolute atomic E-state index is 0.110. The predicted molar refractivity (Wildman–Crippen MR) is 54.5 cm³/mol. The molecule has 1 heterocycles. The summed E-state index contributed by atoms with van der Waals surface area (Å²) in [6.07, 6.45) is 4.05. The fourth-order valence-electron chi connectivity index (χ4n) is 1.84. The van der Waals surface area contributed by atoms with Crippen molar-refractivity contribution in [3.05, 3.63) is 0 Å². The summed E-state index contributed by atoms with van der Waals surface area (Å²) in [4.78, 5) is 2.29. The van der Waals surface area contributed by atoms with E-state index in [1.54, 1.807) is 0 Å². The van der Waals surface area contributed by atoms with E-state index in [0.717, 1.165) is 13.0 Å². The molecular formula is C8H16ClNO2S. The van der Waals surface area contributed by atoms with Crippen molar-refractivity contribution in [2.24, 2.45) is 0 Å². The second-order valence-electron chi connectivity index (χ2n) is 3.66. The van der Waals surface area contributed by atoms with Crippen LogP contribution in [-0.2, 0) is 9.05 Å². The molecule has 0 bridgehead atoms. The number of halogens is 1. The highest BCUT2D eigenvalue weighted by Crippen LogP contribution is 2.19. The maximum Gasteiger partial charge on any atom is 0.232 e. The van der Waals surface area contributed by atoms with E-state index in [0.29, 0.717) is 12.5 Å². The Hall–Kier alpha value is 0.200. The summed E-state index contributed by atoms with van der Waals surface area (Å²) in [7, 11) is 3.92. The van der Waals surface area contributed by atoms with Crippen molar-refractivity contribution < 1.29 is 8.42 Å². The average Bonchev–Trinajstić information content (AvgIpc) is 2.34. The standard InChI is InChI=1S/C8H16ClNO2S/c1-10-6-2-4-8(10)5-3-7-13(9,11)12/h8H,2-7H2,1H3. The molecule has 0 spiro atoms. The molecule has 1 atom stereocenters. The van der Waals surface area contributed by atoms with E-state index in [9.17, 15) is 8.42 Å². The van der Waals surface area contributed by atoms with Gasteiger partial charge in [0.25, 0.3) is 0 Å². The van der Waals surface area contributed by atoms with E-state index in [2.05, 4.69) is 11.9 Å². The zero-order chi connectivity index (χ0) is 9.90. The predicted octanol–water partition coefficient (Wildman–Crippen LogP) is 1.43. The van der Waals surface area contributed by atoms with Gasteiger partial charge in [0.05, 0.1) is 5.75 Å². The van der Waals surface area contributed by atoms with Crippen LogP contribution in [0.2, 0.25) is 0 Å². The van der Waals surface area contributed by atoms with Crippen LogP contribution in [0.25, 0.3) is 0 Å². The highest BCUT2D eigenvalue weighted by Gasteiger charge is 2.20. The average molecular weight is 226 g/mol. The van der Waals surface area contributed by atoms with Gasteiger partial charge in [-0.05, 0) is 39.3 Å². The Balaban J connectivity index is 2.19. The van der Waals surface area contributed by atoms with Gasteiger partial charge < -0.3 is 4.90 Å². The second kappa shape index (κ2) is 4.62. The van der Waals surface area contributed by atoms with Gasteiger partial charge >= 0.3 is 0 Å². The molecule has 0 aromatic carbocycles. The first kappa shape index (κ1) is 11.3. The second-order valence-corrected chi connectivity index (χ2v) is 6.56. The van der Waals surface area contributed by atoms with Crippen LogP contribution >= 0.6 is 10.7 Å². The van der Waals surface area contributed by atoms with Crippen LogP contribution in [0.3, 0.4) is 0 Å². The maximum absolute atomic E-state index is 10.6. The van der Waals surface area contributed by atoms with Gasteiger partial charge in [0.1, 0.15) is 0 Å². The molecule has 0 radical (unpaired) electrons. The molecule has 1 aliphatic heterocycles. The fourth-order valence-corrected chi connectivity index (χ4v) is 2.67. The minimum atomic E-state index is -3.28. The van der Waals surface area contributed by atoms with E-state index < -0.39 is 9.05 Å². The molecular weight excluding hydrogens is 210 g/mol. The molecule has 0 aromatic heterocycles. The molecule has 1 fully saturated rings. The molecule has 78 valence electrons. The molecule has 3 nitrogen and oxygen atoms in total. The molecule has 0 aliphatic carbocycles. The Labute approximate surface area is 84.5 Å². The van der Waals surface area contributed by atoms with E-state index in [-0.39, 0.29) is 5.75 Å². The van der Waals surface area contributed by atoms with Gasteiger partial charge in [-0.25, -0.2) is 8.42 Å². The highest BCUT2D eigenvalue weighted by atomic mass is 35.7. The van der Waals surface area contributed by atoms with Gasteiger partial charge in [0.2, 0.25) is 9.05 Å². The van der Waals surface area contributed by atoms with Crippen molar-refractivity contribution in [3.63, 3.8) is 0 Å². The summed E-state index contributed by atoms with van der Waals surface area (Å²) >= 11 is 0. The van der Waals surface area contributed by atoms with Crippen molar-refractivity contribution in [2.45, 2.75) is 31.7 Å². The highest BCUT2D eigenvalue weighted by molar-refractivity contribution is 8.13. The molecule has 1 saturated heterocycles. The first-order valence-electron chi connectivity index (χ1n) is 4.61. The number of hydrogen-bond acceptors (Lipinski definition) is 3. The SMILES string of the molecule is CN1CCCC1CCCS(=O)(=O)Cl.